The van der Waals surface area contributed by atoms with Crippen molar-refractivity contribution in [2.75, 3.05) is 11.9 Å². The van der Waals surface area contributed by atoms with Gasteiger partial charge in [-0.3, -0.25) is 14.9 Å². The Balaban J connectivity index is 2.67. The second-order valence-corrected chi connectivity index (χ2v) is 6.08. The number of anilines is 1. The van der Waals surface area contributed by atoms with E-state index in [1.54, 1.807) is 0 Å². The molecule has 1 aromatic rings. The minimum absolute atomic E-state index is 0.0153. The molecule has 0 radical (unpaired) electrons. The number of nitrogens with zero attached hydrogens (tertiary/aromatic N) is 1. The zero-order valence-electron chi connectivity index (χ0n) is 12.2. The van der Waals surface area contributed by atoms with Crippen molar-refractivity contribution >= 4 is 28.9 Å². The molecule has 21 heavy (non-hydrogen) atoms. The Kier molecular flexibility index (Phi) is 6.11. The zero-order chi connectivity index (χ0) is 16.0. The summed E-state index contributed by atoms with van der Waals surface area (Å²) in [6, 6.07) is 3.95. The van der Waals surface area contributed by atoms with Crippen molar-refractivity contribution < 1.29 is 9.72 Å². The van der Waals surface area contributed by atoms with Gasteiger partial charge in [-0.1, -0.05) is 25.4 Å². The quantitative estimate of drug-likeness (QED) is 0.595. The maximum absolute atomic E-state index is 11.9. The lowest BCUT2D eigenvalue weighted by molar-refractivity contribution is -0.384. The number of non-ortho nitro benzene ring substituents is 1. The highest BCUT2D eigenvalue weighted by Crippen LogP contribution is 2.29. The molecule has 1 aromatic carbocycles. The van der Waals surface area contributed by atoms with E-state index in [0.29, 0.717) is 19.4 Å². The first-order chi connectivity index (χ1) is 9.75. The third kappa shape index (κ3) is 5.69. The van der Waals surface area contributed by atoms with Crippen LogP contribution in [0.2, 0.25) is 5.02 Å². The van der Waals surface area contributed by atoms with Gasteiger partial charge in [0.05, 0.1) is 15.6 Å². The molecule has 3 N–H and O–H groups in total. The second-order valence-electron chi connectivity index (χ2n) is 5.67. The van der Waals surface area contributed by atoms with Crippen molar-refractivity contribution in [2.45, 2.75) is 33.1 Å². The molecule has 0 saturated heterocycles. The molecule has 0 spiro atoms. The Labute approximate surface area is 128 Å². The van der Waals surface area contributed by atoms with Crippen molar-refractivity contribution in [1.29, 1.82) is 0 Å². The predicted octanol–water partition coefficient (Wildman–Crippen LogP) is 3.34. The van der Waals surface area contributed by atoms with Gasteiger partial charge in [0.1, 0.15) is 0 Å². The van der Waals surface area contributed by atoms with Crippen LogP contribution in [0.15, 0.2) is 18.2 Å². The van der Waals surface area contributed by atoms with Crippen LogP contribution < -0.4 is 11.1 Å². The van der Waals surface area contributed by atoms with Crippen LogP contribution in [0.3, 0.4) is 0 Å². The molecular formula is C14H20ClN3O3. The van der Waals surface area contributed by atoms with E-state index in [4.69, 9.17) is 17.3 Å². The van der Waals surface area contributed by atoms with E-state index in [-0.39, 0.29) is 27.7 Å². The first-order valence-electron chi connectivity index (χ1n) is 6.69. The standard InChI is InChI=1S/C14H20ClN3O3/c1-14(2,7-8-16)6-5-13(19)17-12-9-10(18(20)21)3-4-11(12)15/h3-4,9H,5-8,16H2,1-2H3,(H,17,19). The van der Waals surface area contributed by atoms with Crippen LogP contribution in [0.25, 0.3) is 0 Å². The number of nitrogens with one attached hydrogen (secondary N) is 1. The SMILES string of the molecule is CC(C)(CCN)CCC(=O)Nc1cc([N+](=O)[O-])ccc1Cl. The molecule has 0 aliphatic rings. The number of carbonyl (C=O) groups excluding carboxylic acids is 1. The lowest BCUT2D eigenvalue weighted by atomic mass is 9.84. The lowest BCUT2D eigenvalue weighted by Gasteiger charge is -2.23. The number of rotatable bonds is 7. The van der Waals surface area contributed by atoms with Gasteiger partial charge >= 0.3 is 0 Å². The zero-order valence-corrected chi connectivity index (χ0v) is 12.9. The van der Waals surface area contributed by atoms with Gasteiger partial charge in [0.2, 0.25) is 5.91 Å². The number of nitrogens with two attached hydrogens (primary N) is 1. The smallest absolute Gasteiger partial charge is 0.271 e. The van der Waals surface area contributed by atoms with Gasteiger partial charge in [0.15, 0.2) is 0 Å². The van der Waals surface area contributed by atoms with Crippen LogP contribution in [0.5, 0.6) is 0 Å². The third-order valence-electron chi connectivity index (χ3n) is 3.28. The molecule has 0 bridgehead atoms. The normalized spacial score (nSPS) is 11.2. The molecule has 1 amide bonds. The second kappa shape index (κ2) is 7.38. The molecule has 0 unspecified atom stereocenters. The molecule has 6 nitrogen and oxygen atoms in total. The summed E-state index contributed by atoms with van der Waals surface area (Å²) in [5.41, 5.74) is 5.66. The maximum Gasteiger partial charge on any atom is 0.271 e. The van der Waals surface area contributed by atoms with Crippen molar-refractivity contribution in [2.24, 2.45) is 11.1 Å². The number of carbonyl (C=O) groups is 1. The van der Waals surface area contributed by atoms with Crippen molar-refractivity contribution in [1.82, 2.24) is 0 Å². The highest BCUT2D eigenvalue weighted by atomic mass is 35.5. The van der Waals surface area contributed by atoms with Crippen LogP contribution >= 0.6 is 11.6 Å². The Morgan fingerprint density at radius 3 is 2.67 bits per heavy atom. The fourth-order valence-corrected chi connectivity index (χ4v) is 2.07. The van der Waals surface area contributed by atoms with Crippen LogP contribution in [0, 0.1) is 15.5 Å². The first-order valence-corrected chi connectivity index (χ1v) is 7.07. The van der Waals surface area contributed by atoms with Gasteiger partial charge in [0.25, 0.3) is 5.69 Å². The van der Waals surface area contributed by atoms with Gasteiger partial charge in [-0.2, -0.15) is 0 Å². The van der Waals surface area contributed by atoms with Crippen molar-refractivity contribution in [3.63, 3.8) is 0 Å². The van der Waals surface area contributed by atoms with Crippen LogP contribution in [-0.4, -0.2) is 17.4 Å². The molecule has 0 fully saturated rings. The van der Waals surface area contributed by atoms with Gasteiger partial charge in [0, 0.05) is 18.6 Å². The Bertz CT molecular complexity index is 532. The third-order valence-corrected chi connectivity index (χ3v) is 3.61. The number of nitro groups is 1. The molecule has 1 rings (SSSR count). The van der Waals surface area contributed by atoms with E-state index in [2.05, 4.69) is 5.32 Å². The molecule has 0 aliphatic carbocycles. The first kappa shape index (κ1) is 17.4. The average Bonchev–Trinajstić information content (AvgIpc) is 2.39. The minimum atomic E-state index is -0.531. The summed E-state index contributed by atoms with van der Waals surface area (Å²) < 4.78 is 0. The molecular weight excluding hydrogens is 294 g/mol. The Morgan fingerprint density at radius 2 is 2.10 bits per heavy atom. The summed E-state index contributed by atoms with van der Waals surface area (Å²) in [5.74, 6) is -0.220. The summed E-state index contributed by atoms with van der Waals surface area (Å²) in [7, 11) is 0. The summed E-state index contributed by atoms with van der Waals surface area (Å²) in [4.78, 5) is 22.1. The fourth-order valence-electron chi connectivity index (χ4n) is 1.90. The molecule has 7 heteroatoms. The molecule has 116 valence electrons. The van der Waals surface area contributed by atoms with Crippen LogP contribution in [-0.2, 0) is 4.79 Å². The summed E-state index contributed by atoms with van der Waals surface area (Å²) in [6.07, 6.45) is 1.83. The van der Waals surface area contributed by atoms with E-state index >= 15 is 0 Å². The van der Waals surface area contributed by atoms with E-state index < -0.39 is 4.92 Å². The van der Waals surface area contributed by atoms with E-state index in [0.717, 1.165) is 6.42 Å². The van der Waals surface area contributed by atoms with Crippen LogP contribution in [0.1, 0.15) is 33.1 Å². The van der Waals surface area contributed by atoms with Gasteiger partial charge in [-0.05, 0) is 30.9 Å². The van der Waals surface area contributed by atoms with Crippen molar-refractivity contribution in [3.8, 4) is 0 Å². The maximum atomic E-state index is 11.9. The number of hydrogen-bond donors (Lipinski definition) is 2. The van der Waals surface area contributed by atoms with Crippen LogP contribution in [0.4, 0.5) is 11.4 Å². The molecule has 0 aromatic heterocycles. The average molecular weight is 314 g/mol. The number of halogens is 1. The highest BCUT2D eigenvalue weighted by Gasteiger charge is 2.19. The monoisotopic (exact) mass is 313 g/mol. The lowest BCUT2D eigenvalue weighted by Crippen LogP contribution is -2.20. The Morgan fingerprint density at radius 1 is 1.43 bits per heavy atom. The Hall–Kier alpha value is -1.66. The predicted molar refractivity (Wildman–Crippen MR) is 83.4 cm³/mol. The number of amides is 1. The molecule has 0 heterocycles. The summed E-state index contributed by atoms with van der Waals surface area (Å²) in [6.45, 7) is 4.67. The van der Waals surface area contributed by atoms with Gasteiger partial charge in [-0.15, -0.1) is 0 Å². The largest absolute Gasteiger partial charge is 0.330 e. The summed E-state index contributed by atoms with van der Waals surface area (Å²) in [5, 5.41) is 13.6. The molecule has 0 atom stereocenters. The number of benzene rings is 1. The summed E-state index contributed by atoms with van der Waals surface area (Å²) >= 11 is 5.93. The topological polar surface area (TPSA) is 98.3 Å². The minimum Gasteiger partial charge on any atom is -0.330 e. The van der Waals surface area contributed by atoms with E-state index in [9.17, 15) is 14.9 Å². The number of hydrogen-bond acceptors (Lipinski definition) is 4. The highest BCUT2D eigenvalue weighted by molar-refractivity contribution is 6.33. The van der Waals surface area contributed by atoms with Gasteiger partial charge in [-0.25, -0.2) is 0 Å². The van der Waals surface area contributed by atoms with Crippen molar-refractivity contribution in [3.05, 3.63) is 33.3 Å². The van der Waals surface area contributed by atoms with Gasteiger partial charge < -0.3 is 11.1 Å². The van der Waals surface area contributed by atoms with E-state index in [1.165, 1.54) is 18.2 Å². The number of nitro benzene ring substituents is 1. The van der Waals surface area contributed by atoms with E-state index in [1.807, 2.05) is 13.8 Å². The molecule has 0 saturated carbocycles. The fraction of sp³-hybridized carbons (Fsp3) is 0.500. The molecule has 0 aliphatic heterocycles.